The number of hydrogen-bond acceptors (Lipinski definition) is 3. The van der Waals surface area contributed by atoms with E-state index in [-0.39, 0.29) is 0 Å². The van der Waals surface area contributed by atoms with Crippen LogP contribution in [0.1, 0.15) is 54.3 Å². The Bertz CT molecular complexity index is 410. The summed E-state index contributed by atoms with van der Waals surface area (Å²) in [6.07, 6.45) is 10.7. The van der Waals surface area contributed by atoms with E-state index >= 15 is 0 Å². The predicted octanol–water partition coefficient (Wildman–Crippen LogP) is 3.30. The van der Waals surface area contributed by atoms with Crippen molar-refractivity contribution in [2.75, 3.05) is 0 Å². The van der Waals surface area contributed by atoms with Crippen molar-refractivity contribution in [1.82, 2.24) is 10.3 Å². The third-order valence-corrected chi connectivity index (χ3v) is 5.90. The molecule has 0 spiro atoms. The molecule has 0 radical (unpaired) electrons. The fourth-order valence-corrected chi connectivity index (χ4v) is 4.73. The van der Waals surface area contributed by atoms with Crippen LogP contribution >= 0.6 is 11.3 Å². The maximum absolute atomic E-state index is 4.69. The van der Waals surface area contributed by atoms with Crippen LogP contribution in [0.25, 0.3) is 0 Å². The molecule has 2 bridgehead atoms. The van der Waals surface area contributed by atoms with Crippen LogP contribution in [0.4, 0.5) is 0 Å². The zero-order chi connectivity index (χ0) is 11.2. The third kappa shape index (κ3) is 2.04. The van der Waals surface area contributed by atoms with E-state index in [1.165, 1.54) is 48.4 Å². The summed E-state index contributed by atoms with van der Waals surface area (Å²) in [5, 5.41) is 5.02. The molecule has 4 rings (SSSR count). The minimum atomic E-state index is 0.808. The van der Waals surface area contributed by atoms with Gasteiger partial charge in [0.15, 0.2) is 0 Å². The molecule has 0 aromatic carbocycles. The highest BCUT2D eigenvalue weighted by molar-refractivity contribution is 7.11. The van der Waals surface area contributed by atoms with Gasteiger partial charge < -0.3 is 5.32 Å². The molecule has 17 heavy (non-hydrogen) atoms. The Labute approximate surface area is 107 Å². The minimum absolute atomic E-state index is 0.808. The monoisotopic (exact) mass is 248 g/mol. The van der Waals surface area contributed by atoms with Gasteiger partial charge in [0, 0.05) is 29.6 Å². The molecule has 0 amide bonds. The van der Waals surface area contributed by atoms with Gasteiger partial charge in [0.25, 0.3) is 0 Å². The van der Waals surface area contributed by atoms with E-state index in [2.05, 4.69) is 11.5 Å². The third-order valence-electron chi connectivity index (χ3n) is 4.77. The smallest absolute Gasteiger partial charge is 0.0961 e. The Balaban J connectivity index is 1.43. The number of rotatable bonds is 4. The lowest BCUT2D eigenvalue weighted by Gasteiger charge is -2.18. The van der Waals surface area contributed by atoms with E-state index < -0.39 is 0 Å². The summed E-state index contributed by atoms with van der Waals surface area (Å²) < 4.78 is 0. The zero-order valence-corrected chi connectivity index (χ0v) is 11.0. The van der Waals surface area contributed by atoms with Gasteiger partial charge in [-0.15, -0.1) is 11.3 Å². The average molecular weight is 248 g/mol. The van der Waals surface area contributed by atoms with Crippen LogP contribution in [-0.2, 0) is 6.54 Å². The molecule has 3 unspecified atom stereocenters. The molecule has 1 aromatic heterocycles. The van der Waals surface area contributed by atoms with E-state index in [0.29, 0.717) is 0 Å². The molecule has 3 saturated carbocycles. The van der Waals surface area contributed by atoms with E-state index in [1.54, 1.807) is 0 Å². The first-order valence-corrected chi connectivity index (χ1v) is 7.88. The molecule has 2 nitrogen and oxygen atoms in total. The van der Waals surface area contributed by atoms with E-state index in [1.807, 2.05) is 11.3 Å². The molecule has 92 valence electrons. The zero-order valence-electron chi connectivity index (χ0n) is 10.2. The van der Waals surface area contributed by atoms with Crippen molar-refractivity contribution in [3.63, 3.8) is 0 Å². The van der Waals surface area contributed by atoms with Gasteiger partial charge in [0.2, 0.25) is 0 Å². The standard InChI is InChI=1S/C14H20N2S/c1-2-10-5-9(1)6-13(10)14-16-8-12(17-14)7-15-11-3-4-11/h8-11,13,15H,1-7H2. The summed E-state index contributed by atoms with van der Waals surface area (Å²) in [4.78, 5) is 6.13. The lowest BCUT2D eigenvalue weighted by molar-refractivity contribution is 0.419. The van der Waals surface area contributed by atoms with Gasteiger partial charge in [0.05, 0.1) is 5.01 Å². The maximum atomic E-state index is 4.69. The normalized spacial score (nSPS) is 35.6. The highest BCUT2D eigenvalue weighted by atomic mass is 32.1. The minimum Gasteiger partial charge on any atom is -0.309 e. The van der Waals surface area contributed by atoms with Gasteiger partial charge in [-0.2, -0.15) is 0 Å². The van der Waals surface area contributed by atoms with Crippen molar-refractivity contribution in [3.8, 4) is 0 Å². The Morgan fingerprint density at radius 2 is 2.18 bits per heavy atom. The number of hydrogen-bond donors (Lipinski definition) is 1. The second-order valence-corrected chi connectivity index (χ2v) is 7.25. The Hall–Kier alpha value is -0.410. The van der Waals surface area contributed by atoms with E-state index in [4.69, 9.17) is 4.98 Å². The first-order valence-electron chi connectivity index (χ1n) is 7.06. The molecular formula is C14H20N2S. The van der Waals surface area contributed by atoms with Gasteiger partial charge in [0.1, 0.15) is 0 Å². The van der Waals surface area contributed by atoms with Crippen molar-refractivity contribution in [2.24, 2.45) is 11.8 Å². The van der Waals surface area contributed by atoms with E-state index in [0.717, 1.165) is 30.3 Å². The summed E-state index contributed by atoms with van der Waals surface area (Å²) in [6.45, 7) is 1.04. The second kappa shape index (κ2) is 4.06. The van der Waals surface area contributed by atoms with Crippen molar-refractivity contribution in [3.05, 3.63) is 16.1 Å². The van der Waals surface area contributed by atoms with Gasteiger partial charge >= 0.3 is 0 Å². The molecule has 1 N–H and O–H groups in total. The van der Waals surface area contributed by atoms with Crippen LogP contribution in [0.3, 0.4) is 0 Å². The Kier molecular flexibility index (Phi) is 2.51. The lowest BCUT2D eigenvalue weighted by Crippen LogP contribution is -2.14. The number of nitrogens with one attached hydrogen (secondary N) is 1. The number of thiazole rings is 1. The summed E-state index contributed by atoms with van der Waals surface area (Å²) in [6, 6.07) is 0.808. The van der Waals surface area contributed by atoms with Crippen molar-refractivity contribution >= 4 is 11.3 Å². The van der Waals surface area contributed by atoms with E-state index in [9.17, 15) is 0 Å². The molecule has 1 heterocycles. The van der Waals surface area contributed by atoms with Gasteiger partial charge in [-0.3, -0.25) is 0 Å². The number of nitrogens with zero attached hydrogens (tertiary/aromatic N) is 1. The fourth-order valence-electron chi connectivity index (χ4n) is 3.66. The SMILES string of the molecule is c1nc(C2CC3CCC2C3)sc1CNC1CC1. The predicted molar refractivity (Wildman–Crippen MR) is 70.2 cm³/mol. The van der Waals surface area contributed by atoms with Crippen LogP contribution in [0.5, 0.6) is 0 Å². The summed E-state index contributed by atoms with van der Waals surface area (Å²) in [5.74, 6) is 2.81. The average Bonchev–Trinajstić information content (AvgIpc) is 2.82. The van der Waals surface area contributed by atoms with Crippen LogP contribution < -0.4 is 5.32 Å². The molecule has 3 atom stereocenters. The molecule has 3 aliphatic rings. The Morgan fingerprint density at radius 3 is 2.88 bits per heavy atom. The molecular weight excluding hydrogens is 228 g/mol. The van der Waals surface area contributed by atoms with Gasteiger partial charge in [-0.05, 0) is 43.9 Å². The first kappa shape index (κ1) is 10.5. The maximum Gasteiger partial charge on any atom is 0.0961 e. The summed E-state index contributed by atoms with van der Waals surface area (Å²) in [7, 11) is 0. The van der Waals surface area contributed by atoms with Crippen molar-refractivity contribution < 1.29 is 0 Å². The van der Waals surface area contributed by atoms with Crippen LogP contribution in [0.15, 0.2) is 6.20 Å². The molecule has 3 heteroatoms. The van der Waals surface area contributed by atoms with Crippen LogP contribution in [0, 0.1) is 11.8 Å². The van der Waals surface area contributed by atoms with Crippen LogP contribution in [-0.4, -0.2) is 11.0 Å². The topological polar surface area (TPSA) is 24.9 Å². The first-order chi connectivity index (χ1) is 8.38. The summed E-state index contributed by atoms with van der Waals surface area (Å²) >= 11 is 1.97. The molecule has 0 saturated heterocycles. The molecule has 1 aromatic rings. The Morgan fingerprint density at radius 1 is 1.24 bits per heavy atom. The highest BCUT2D eigenvalue weighted by Gasteiger charge is 2.41. The second-order valence-electron chi connectivity index (χ2n) is 6.10. The number of aromatic nitrogens is 1. The number of fused-ring (bicyclic) bond motifs is 2. The molecule has 0 aliphatic heterocycles. The molecule has 3 fully saturated rings. The van der Waals surface area contributed by atoms with Crippen molar-refractivity contribution in [1.29, 1.82) is 0 Å². The van der Waals surface area contributed by atoms with Gasteiger partial charge in [-0.1, -0.05) is 6.42 Å². The highest BCUT2D eigenvalue weighted by Crippen LogP contribution is 2.53. The fraction of sp³-hybridized carbons (Fsp3) is 0.786. The largest absolute Gasteiger partial charge is 0.309 e. The van der Waals surface area contributed by atoms with Crippen molar-refractivity contribution in [2.45, 2.75) is 57.0 Å². The molecule has 3 aliphatic carbocycles. The van der Waals surface area contributed by atoms with Gasteiger partial charge in [-0.25, -0.2) is 4.98 Å². The van der Waals surface area contributed by atoms with Crippen LogP contribution in [0.2, 0.25) is 0 Å². The quantitative estimate of drug-likeness (QED) is 0.884. The summed E-state index contributed by atoms with van der Waals surface area (Å²) in [5.41, 5.74) is 0. The lowest BCUT2D eigenvalue weighted by atomic mass is 9.89.